The lowest BCUT2D eigenvalue weighted by Gasteiger charge is -2.15. The van der Waals surface area contributed by atoms with Crippen molar-refractivity contribution >= 4 is 11.8 Å². The molecule has 3 aliphatic heterocycles. The Balaban J connectivity index is 1.98. The largest absolute Gasteiger partial charge is 0.376 e. The molecule has 3 rings (SSSR count). The van der Waals surface area contributed by atoms with Gasteiger partial charge in [-0.3, -0.25) is 14.5 Å². The van der Waals surface area contributed by atoms with Gasteiger partial charge in [-0.15, -0.1) is 0 Å². The molecule has 1 N–H and O–H groups in total. The molecule has 0 aromatic carbocycles. The molecule has 3 heterocycles. The predicted molar refractivity (Wildman–Crippen MR) is 43.8 cm³/mol. The molecule has 0 aliphatic carbocycles. The number of aliphatic hydroxyl groups excluding tert-OH is 1. The molecule has 0 aromatic heterocycles. The number of likely N-dealkylation sites (tertiary alicyclic amines) is 1. The van der Waals surface area contributed by atoms with E-state index in [1.54, 1.807) is 0 Å². The highest BCUT2D eigenvalue weighted by atomic mass is 16.5. The van der Waals surface area contributed by atoms with Crippen LogP contribution in [0, 0.1) is 11.8 Å². The number of carbonyl (C=O) groups is 2. The Morgan fingerprint density at radius 2 is 1.71 bits per heavy atom. The van der Waals surface area contributed by atoms with Gasteiger partial charge in [-0.25, -0.2) is 0 Å². The topological polar surface area (TPSA) is 66.8 Å². The average Bonchev–Trinajstić information content (AvgIpc) is 2.80. The molecule has 0 unspecified atom stereocenters. The summed E-state index contributed by atoms with van der Waals surface area (Å²) in [5, 5.41) is 8.90. The zero-order chi connectivity index (χ0) is 9.87. The van der Waals surface area contributed by atoms with Gasteiger partial charge in [0.05, 0.1) is 24.0 Å². The number of nitrogens with zero attached hydrogens (tertiary/aromatic N) is 1. The lowest BCUT2D eigenvalue weighted by molar-refractivity contribution is -0.146. The van der Waals surface area contributed by atoms with Gasteiger partial charge in [0.1, 0.15) is 6.73 Å². The van der Waals surface area contributed by atoms with E-state index < -0.39 is 6.73 Å². The van der Waals surface area contributed by atoms with Crippen molar-refractivity contribution in [2.45, 2.75) is 25.0 Å². The molecule has 5 nitrogen and oxygen atoms in total. The van der Waals surface area contributed by atoms with Gasteiger partial charge in [-0.05, 0) is 12.8 Å². The van der Waals surface area contributed by atoms with E-state index in [2.05, 4.69) is 0 Å². The highest BCUT2D eigenvalue weighted by Crippen LogP contribution is 2.48. The Morgan fingerprint density at radius 3 is 2.14 bits per heavy atom. The van der Waals surface area contributed by atoms with Crippen molar-refractivity contribution in [1.29, 1.82) is 0 Å². The smallest absolute Gasteiger partial charge is 0.237 e. The van der Waals surface area contributed by atoms with E-state index in [0.29, 0.717) is 0 Å². The van der Waals surface area contributed by atoms with Crippen LogP contribution in [-0.2, 0) is 14.3 Å². The fraction of sp³-hybridized carbons (Fsp3) is 0.778. The van der Waals surface area contributed by atoms with Gasteiger partial charge < -0.3 is 9.84 Å². The summed E-state index contributed by atoms with van der Waals surface area (Å²) in [5.74, 6) is -1.13. The number of aliphatic hydroxyl groups is 1. The molecule has 5 heteroatoms. The summed E-state index contributed by atoms with van der Waals surface area (Å²) in [7, 11) is 0. The van der Waals surface area contributed by atoms with E-state index in [1.165, 1.54) is 0 Å². The first-order valence-corrected chi connectivity index (χ1v) is 4.85. The van der Waals surface area contributed by atoms with Gasteiger partial charge in [0.15, 0.2) is 0 Å². The van der Waals surface area contributed by atoms with Crippen LogP contribution in [0.4, 0.5) is 0 Å². The molecule has 0 radical (unpaired) electrons. The van der Waals surface area contributed by atoms with Crippen LogP contribution >= 0.6 is 0 Å². The Hall–Kier alpha value is -0.940. The van der Waals surface area contributed by atoms with Gasteiger partial charge in [0.25, 0.3) is 0 Å². The van der Waals surface area contributed by atoms with E-state index in [0.717, 1.165) is 17.7 Å². The minimum atomic E-state index is -0.496. The minimum Gasteiger partial charge on any atom is -0.376 e. The zero-order valence-electron chi connectivity index (χ0n) is 7.55. The highest BCUT2D eigenvalue weighted by molar-refractivity contribution is 6.06. The summed E-state index contributed by atoms with van der Waals surface area (Å²) >= 11 is 0. The third-order valence-corrected chi connectivity index (χ3v) is 3.52. The second-order valence-corrected chi connectivity index (χ2v) is 4.09. The molecule has 3 aliphatic rings. The molecule has 4 atom stereocenters. The molecule has 76 valence electrons. The number of amides is 2. The van der Waals surface area contributed by atoms with Gasteiger partial charge in [0, 0.05) is 0 Å². The second-order valence-electron chi connectivity index (χ2n) is 4.09. The summed E-state index contributed by atoms with van der Waals surface area (Å²) in [6.45, 7) is -0.496. The SMILES string of the molecule is O=C1[C@H]2[C@H](C(=O)N1CO)[C@H]1CC[C@@H]2O1. The van der Waals surface area contributed by atoms with Crippen molar-refractivity contribution in [3.8, 4) is 0 Å². The Kier molecular flexibility index (Phi) is 1.52. The average molecular weight is 197 g/mol. The number of imide groups is 1. The number of hydrogen-bond donors (Lipinski definition) is 1. The van der Waals surface area contributed by atoms with Gasteiger partial charge in [-0.1, -0.05) is 0 Å². The Labute approximate surface area is 80.6 Å². The zero-order valence-corrected chi connectivity index (χ0v) is 7.55. The van der Waals surface area contributed by atoms with Crippen LogP contribution in [0.2, 0.25) is 0 Å². The second kappa shape index (κ2) is 2.55. The van der Waals surface area contributed by atoms with Crippen LogP contribution in [0.1, 0.15) is 12.8 Å². The molecule has 3 fully saturated rings. The van der Waals surface area contributed by atoms with E-state index in [1.807, 2.05) is 0 Å². The van der Waals surface area contributed by atoms with Gasteiger partial charge in [0.2, 0.25) is 11.8 Å². The highest BCUT2D eigenvalue weighted by Gasteiger charge is 2.62. The molecule has 0 spiro atoms. The number of hydrogen-bond acceptors (Lipinski definition) is 4. The van der Waals surface area contributed by atoms with Crippen molar-refractivity contribution in [3.05, 3.63) is 0 Å². The maximum Gasteiger partial charge on any atom is 0.237 e. The molecular formula is C9H11NO4. The Morgan fingerprint density at radius 1 is 1.21 bits per heavy atom. The quantitative estimate of drug-likeness (QED) is 0.553. The summed E-state index contributed by atoms with van der Waals surface area (Å²) in [6.07, 6.45) is 1.56. The first-order chi connectivity index (χ1) is 6.74. The van der Waals surface area contributed by atoms with E-state index in [4.69, 9.17) is 9.84 Å². The van der Waals surface area contributed by atoms with Gasteiger partial charge in [-0.2, -0.15) is 0 Å². The molecule has 14 heavy (non-hydrogen) atoms. The van der Waals surface area contributed by atoms with Crippen LogP contribution in [0.5, 0.6) is 0 Å². The minimum absolute atomic E-state index is 0.0852. The van der Waals surface area contributed by atoms with Crippen LogP contribution < -0.4 is 0 Å². The number of ether oxygens (including phenoxy) is 1. The molecule has 3 saturated heterocycles. The van der Waals surface area contributed by atoms with Crippen molar-refractivity contribution < 1.29 is 19.4 Å². The number of carbonyl (C=O) groups excluding carboxylic acids is 2. The summed E-state index contributed by atoms with van der Waals surface area (Å²) in [4.78, 5) is 24.3. The number of rotatable bonds is 1. The fourth-order valence-corrected chi connectivity index (χ4v) is 2.91. The summed E-state index contributed by atoms with van der Waals surface area (Å²) < 4.78 is 5.52. The fourth-order valence-electron chi connectivity index (χ4n) is 2.91. The molecule has 0 saturated carbocycles. The lowest BCUT2D eigenvalue weighted by Crippen LogP contribution is -2.34. The Bertz CT molecular complexity index is 288. The normalized spacial score (nSPS) is 45.1. The molecule has 2 amide bonds. The van der Waals surface area contributed by atoms with Crippen LogP contribution in [-0.4, -0.2) is 40.8 Å². The van der Waals surface area contributed by atoms with Crippen LogP contribution in [0.3, 0.4) is 0 Å². The standard InChI is InChI=1S/C9H11NO4/c11-3-10-8(12)6-4-1-2-5(14-4)7(6)9(10)13/h4-7,11H,1-3H2/t4-,5+,6-,7-/m1/s1. The first kappa shape index (κ1) is 8.38. The van der Waals surface area contributed by atoms with E-state index in [-0.39, 0.29) is 35.9 Å². The van der Waals surface area contributed by atoms with E-state index >= 15 is 0 Å². The lowest BCUT2D eigenvalue weighted by atomic mass is 9.81. The maximum absolute atomic E-state index is 11.7. The van der Waals surface area contributed by atoms with Crippen LogP contribution in [0.25, 0.3) is 0 Å². The maximum atomic E-state index is 11.7. The molecule has 2 bridgehead atoms. The molecular weight excluding hydrogens is 186 g/mol. The summed E-state index contributed by atoms with van der Waals surface area (Å²) in [5.41, 5.74) is 0. The van der Waals surface area contributed by atoms with Crippen molar-refractivity contribution in [2.24, 2.45) is 11.8 Å². The van der Waals surface area contributed by atoms with Crippen molar-refractivity contribution in [3.63, 3.8) is 0 Å². The predicted octanol–water partition coefficient (Wildman–Crippen LogP) is -0.901. The van der Waals surface area contributed by atoms with E-state index in [9.17, 15) is 9.59 Å². The third kappa shape index (κ3) is 0.773. The first-order valence-electron chi connectivity index (χ1n) is 4.85. The van der Waals surface area contributed by atoms with Crippen molar-refractivity contribution in [1.82, 2.24) is 4.90 Å². The third-order valence-electron chi connectivity index (χ3n) is 3.52. The monoisotopic (exact) mass is 197 g/mol. The molecule has 0 aromatic rings. The number of fused-ring (bicyclic) bond motifs is 5. The van der Waals surface area contributed by atoms with Crippen LogP contribution in [0.15, 0.2) is 0 Å². The summed E-state index contributed by atoms with van der Waals surface area (Å²) in [6, 6.07) is 0. The van der Waals surface area contributed by atoms with Gasteiger partial charge >= 0.3 is 0 Å². The van der Waals surface area contributed by atoms with Crippen molar-refractivity contribution in [2.75, 3.05) is 6.73 Å².